The summed E-state index contributed by atoms with van der Waals surface area (Å²) >= 11 is 0. The molecule has 0 spiro atoms. The van der Waals surface area contributed by atoms with Crippen molar-refractivity contribution in [2.24, 2.45) is 23.3 Å². The summed E-state index contributed by atoms with van der Waals surface area (Å²) in [6, 6.07) is 0. The maximum Gasteiger partial charge on any atom is 0.246 e. The van der Waals surface area contributed by atoms with Crippen molar-refractivity contribution in [3.63, 3.8) is 0 Å². The molecule has 4 heteroatoms. The van der Waals surface area contributed by atoms with E-state index in [2.05, 4.69) is 0 Å². The van der Waals surface area contributed by atoms with E-state index in [1.165, 1.54) is 12.8 Å². The Morgan fingerprint density at radius 2 is 2.14 bits per heavy atom. The molecule has 1 aliphatic rings. The van der Waals surface area contributed by atoms with E-state index in [1.807, 2.05) is 0 Å². The summed E-state index contributed by atoms with van der Waals surface area (Å²) in [7, 11) is 0. The van der Waals surface area contributed by atoms with Crippen molar-refractivity contribution < 1.29 is 9.53 Å². The summed E-state index contributed by atoms with van der Waals surface area (Å²) in [5, 5.41) is 0. The number of rotatable bonds is 5. The highest BCUT2D eigenvalue weighted by Crippen LogP contribution is 2.31. The normalized spacial score (nSPS) is 29.0. The van der Waals surface area contributed by atoms with Gasteiger partial charge in [0.05, 0.1) is 6.61 Å². The fraction of sp³-hybridized carbons (Fsp3) is 0.900. The van der Waals surface area contributed by atoms with Gasteiger partial charge in [0.15, 0.2) is 0 Å². The van der Waals surface area contributed by atoms with Gasteiger partial charge in [0.2, 0.25) is 5.91 Å². The van der Waals surface area contributed by atoms with Gasteiger partial charge in [-0.3, -0.25) is 4.79 Å². The predicted molar refractivity (Wildman–Crippen MR) is 54.5 cm³/mol. The van der Waals surface area contributed by atoms with Crippen LogP contribution in [0, 0.1) is 11.8 Å². The number of carbonyl (C=O) groups excluding carboxylic acids is 1. The van der Waals surface area contributed by atoms with Gasteiger partial charge >= 0.3 is 0 Å². The third kappa shape index (κ3) is 2.96. The lowest BCUT2D eigenvalue weighted by Crippen LogP contribution is -2.31. The van der Waals surface area contributed by atoms with Gasteiger partial charge in [-0.2, -0.15) is 0 Å². The minimum atomic E-state index is -0.478. The zero-order chi connectivity index (χ0) is 10.6. The minimum absolute atomic E-state index is 0.396. The molecule has 0 aromatic heterocycles. The molecule has 3 unspecified atom stereocenters. The summed E-state index contributed by atoms with van der Waals surface area (Å²) in [4.78, 5) is 10.7. The molecule has 82 valence electrons. The Morgan fingerprint density at radius 1 is 1.50 bits per heavy atom. The van der Waals surface area contributed by atoms with Crippen LogP contribution in [0.25, 0.3) is 0 Å². The van der Waals surface area contributed by atoms with Gasteiger partial charge in [-0.15, -0.1) is 0 Å². The van der Waals surface area contributed by atoms with E-state index in [4.69, 9.17) is 16.2 Å². The van der Waals surface area contributed by atoms with Gasteiger partial charge in [0, 0.05) is 0 Å². The maximum atomic E-state index is 10.7. The molecule has 0 aromatic rings. The second-order valence-electron chi connectivity index (χ2n) is 4.06. The summed E-state index contributed by atoms with van der Waals surface area (Å²) in [6.45, 7) is 3.03. The van der Waals surface area contributed by atoms with E-state index < -0.39 is 12.0 Å². The van der Waals surface area contributed by atoms with Crippen LogP contribution in [0.4, 0.5) is 0 Å². The van der Waals surface area contributed by atoms with E-state index >= 15 is 0 Å². The highest BCUT2D eigenvalue weighted by Gasteiger charge is 2.26. The zero-order valence-electron chi connectivity index (χ0n) is 8.74. The number of amides is 1. The van der Waals surface area contributed by atoms with Crippen molar-refractivity contribution in [3.8, 4) is 0 Å². The van der Waals surface area contributed by atoms with Crippen LogP contribution in [0.15, 0.2) is 0 Å². The SMILES string of the molecule is CC(OCC1CCCC1CN)C(N)=O. The van der Waals surface area contributed by atoms with E-state index in [9.17, 15) is 4.79 Å². The summed E-state index contributed by atoms with van der Waals surface area (Å²) in [6.07, 6.45) is 3.10. The van der Waals surface area contributed by atoms with Crippen LogP contribution in [0.1, 0.15) is 26.2 Å². The molecule has 3 atom stereocenters. The number of hydrogen-bond acceptors (Lipinski definition) is 3. The monoisotopic (exact) mass is 200 g/mol. The van der Waals surface area contributed by atoms with Gasteiger partial charge in [0.1, 0.15) is 6.10 Å². The molecule has 0 radical (unpaired) electrons. The highest BCUT2D eigenvalue weighted by molar-refractivity contribution is 5.78. The lowest BCUT2D eigenvalue weighted by Gasteiger charge is -2.19. The van der Waals surface area contributed by atoms with Crippen LogP contribution in [0.5, 0.6) is 0 Å². The first-order valence-corrected chi connectivity index (χ1v) is 5.26. The second kappa shape index (κ2) is 5.32. The molecular formula is C10H20N2O2. The van der Waals surface area contributed by atoms with Crippen LogP contribution >= 0.6 is 0 Å². The predicted octanol–water partition coefficient (Wildman–Crippen LogP) is 0.252. The molecule has 1 amide bonds. The van der Waals surface area contributed by atoms with Gasteiger partial charge in [-0.05, 0) is 38.1 Å². The van der Waals surface area contributed by atoms with Crippen LogP contribution < -0.4 is 11.5 Å². The number of primary amides is 1. The van der Waals surface area contributed by atoms with Gasteiger partial charge in [-0.1, -0.05) is 6.42 Å². The zero-order valence-corrected chi connectivity index (χ0v) is 8.74. The van der Waals surface area contributed by atoms with Crippen molar-refractivity contribution in [2.75, 3.05) is 13.2 Å². The molecule has 0 heterocycles. The first-order valence-electron chi connectivity index (χ1n) is 5.26. The van der Waals surface area contributed by atoms with Crippen molar-refractivity contribution in [2.45, 2.75) is 32.3 Å². The number of carbonyl (C=O) groups is 1. The topological polar surface area (TPSA) is 78.3 Å². The van der Waals surface area contributed by atoms with Crippen molar-refractivity contribution >= 4 is 5.91 Å². The van der Waals surface area contributed by atoms with Crippen LogP contribution in [-0.2, 0) is 9.53 Å². The Bertz CT molecular complexity index is 197. The van der Waals surface area contributed by atoms with Crippen molar-refractivity contribution in [3.05, 3.63) is 0 Å². The molecule has 0 bridgehead atoms. The number of hydrogen-bond donors (Lipinski definition) is 2. The van der Waals surface area contributed by atoms with Gasteiger partial charge < -0.3 is 16.2 Å². The molecule has 1 fully saturated rings. The molecule has 0 saturated heterocycles. The summed E-state index contributed by atoms with van der Waals surface area (Å²) < 4.78 is 5.39. The largest absolute Gasteiger partial charge is 0.368 e. The summed E-state index contributed by atoms with van der Waals surface area (Å²) in [5.41, 5.74) is 10.7. The van der Waals surface area contributed by atoms with Crippen LogP contribution in [0.2, 0.25) is 0 Å². The van der Waals surface area contributed by atoms with Crippen LogP contribution in [0.3, 0.4) is 0 Å². The quantitative estimate of drug-likeness (QED) is 0.667. The molecule has 1 rings (SSSR count). The number of ether oxygens (including phenoxy) is 1. The average Bonchev–Trinajstić information content (AvgIpc) is 2.60. The molecule has 1 aliphatic carbocycles. The standard InChI is InChI=1S/C10H20N2O2/c1-7(10(12)13)14-6-9-4-2-3-8(9)5-11/h7-9H,2-6,11H2,1H3,(H2,12,13). The molecule has 4 N–H and O–H groups in total. The highest BCUT2D eigenvalue weighted by atomic mass is 16.5. The van der Waals surface area contributed by atoms with Crippen molar-refractivity contribution in [1.29, 1.82) is 0 Å². The average molecular weight is 200 g/mol. The third-order valence-electron chi connectivity index (χ3n) is 3.08. The van der Waals surface area contributed by atoms with E-state index in [0.717, 1.165) is 13.0 Å². The third-order valence-corrected chi connectivity index (χ3v) is 3.08. The number of nitrogens with two attached hydrogens (primary N) is 2. The Hall–Kier alpha value is -0.610. The van der Waals surface area contributed by atoms with E-state index in [0.29, 0.717) is 18.4 Å². The second-order valence-corrected chi connectivity index (χ2v) is 4.06. The van der Waals surface area contributed by atoms with Gasteiger partial charge in [0.25, 0.3) is 0 Å². The molecule has 0 aliphatic heterocycles. The lowest BCUT2D eigenvalue weighted by molar-refractivity contribution is -0.129. The van der Waals surface area contributed by atoms with Gasteiger partial charge in [-0.25, -0.2) is 0 Å². The Labute approximate surface area is 85.0 Å². The van der Waals surface area contributed by atoms with Crippen LogP contribution in [-0.4, -0.2) is 25.2 Å². The van der Waals surface area contributed by atoms with E-state index in [-0.39, 0.29) is 0 Å². The Morgan fingerprint density at radius 3 is 2.71 bits per heavy atom. The fourth-order valence-electron chi connectivity index (χ4n) is 1.99. The minimum Gasteiger partial charge on any atom is -0.368 e. The maximum absolute atomic E-state index is 10.7. The Kier molecular flexibility index (Phi) is 4.35. The molecule has 0 aromatic carbocycles. The Balaban J connectivity index is 2.26. The fourth-order valence-corrected chi connectivity index (χ4v) is 1.99. The molecule has 14 heavy (non-hydrogen) atoms. The smallest absolute Gasteiger partial charge is 0.246 e. The van der Waals surface area contributed by atoms with E-state index in [1.54, 1.807) is 6.92 Å². The van der Waals surface area contributed by atoms with Crippen molar-refractivity contribution in [1.82, 2.24) is 0 Å². The lowest BCUT2D eigenvalue weighted by atomic mass is 9.97. The first-order chi connectivity index (χ1) is 6.65. The molecular weight excluding hydrogens is 180 g/mol. The first kappa shape index (κ1) is 11.5. The summed E-state index contributed by atoms with van der Waals surface area (Å²) in [5.74, 6) is 0.684. The molecule has 1 saturated carbocycles. The molecule has 4 nitrogen and oxygen atoms in total.